The Labute approximate surface area is 328 Å². The molecule has 0 aliphatic heterocycles. The first-order valence-corrected chi connectivity index (χ1v) is 19.7. The van der Waals surface area contributed by atoms with Crippen LogP contribution in [0.15, 0.2) is 114 Å². The molecule has 0 spiro atoms. The minimum Gasteiger partial charge on any atom is -0.294 e. The Morgan fingerprint density at radius 2 is 1.15 bits per heavy atom. The fourth-order valence-electron chi connectivity index (χ4n) is 7.33. The molecule has 0 amide bonds. The van der Waals surface area contributed by atoms with E-state index in [1.54, 1.807) is 0 Å². The monoisotopic (exact) mass is 729 g/mol. The average Bonchev–Trinajstić information content (AvgIpc) is 3.43. The predicted octanol–water partition coefficient (Wildman–Crippen LogP) is 14.1. The molecule has 0 saturated heterocycles. The van der Waals surface area contributed by atoms with Crippen LogP contribution in [0, 0.1) is 0 Å². The molecule has 0 atom stereocenters. The lowest BCUT2D eigenvalue weighted by molar-refractivity contribution is 0.560. The van der Waals surface area contributed by atoms with E-state index in [1.807, 2.05) is 6.20 Å². The van der Waals surface area contributed by atoms with Crippen LogP contribution in [-0.2, 0) is 21.7 Å². The molecule has 0 N–H and O–H groups in total. The van der Waals surface area contributed by atoms with Gasteiger partial charge >= 0.3 is 0 Å². The SMILES string of the molecule is CC(C)(C)c1cc(-c2cc(C(C)(C)C)cc(C(C)(C)C)c2S)nc(-n2c3ccc(C(C)(C)C)cc3c3ccc(-c4cc(-c5ccccc5)ccn4)cc32)c1. The minimum absolute atomic E-state index is 0.00767. The number of fused-ring (bicyclic) bond motifs is 3. The Morgan fingerprint density at radius 1 is 0.481 bits per heavy atom. The van der Waals surface area contributed by atoms with Crippen LogP contribution in [0.2, 0.25) is 0 Å². The van der Waals surface area contributed by atoms with Crippen molar-refractivity contribution in [3.05, 3.63) is 132 Å². The van der Waals surface area contributed by atoms with E-state index >= 15 is 0 Å². The summed E-state index contributed by atoms with van der Waals surface area (Å²) in [5.74, 6) is 0.898. The molecule has 7 rings (SSSR count). The number of benzene rings is 4. The van der Waals surface area contributed by atoms with Gasteiger partial charge in [-0.3, -0.25) is 9.55 Å². The van der Waals surface area contributed by atoms with E-state index in [4.69, 9.17) is 22.6 Å². The third kappa shape index (κ3) is 7.13. The Kier molecular flexibility index (Phi) is 9.25. The van der Waals surface area contributed by atoms with Crippen molar-refractivity contribution in [1.82, 2.24) is 14.5 Å². The maximum absolute atomic E-state index is 5.59. The topological polar surface area (TPSA) is 30.7 Å². The summed E-state index contributed by atoms with van der Waals surface area (Å²) in [4.78, 5) is 11.5. The lowest BCUT2D eigenvalue weighted by atomic mass is 9.78. The summed E-state index contributed by atoms with van der Waals surface area (Å²) in [6.45, 7) is 27.4. The Morgan fingerprint density at radius 3 is 1.80 bits per heavy atom. The second-order valence-corrected chi connectivity index (χ2v) is 19.6. The van der Waals surface area contributed by atoms with E-state index < -0.39 is 0 Å². The normalized spacial score (nSPS) is 12.9. The highest BCUT2D eigenvalue weighted by atomic mass is 32.1. The van der Waals surface area contributed by atoms with Gasteiger partial charge in [0.25, 0.3) is 0 Å². The van der Waals surface area contributed by atoms with Crippen molar-refractivity contribution >= 4 is 34.4 Å². The Balaban J connectivity index is 1.54. The van der Waals surface area contributed by atoms with E-state index in [-0.39, 0.29) is 21.7 Å². The van der Waals surface area contributed by atoms with Crippen LogP contribution in [0.5, 0.6) is 0 Å². The molecule has 276 valence electrons. The van der Waals surface area contributed by atoms with Crippen LogP contribution in [0.4, 0.5) is 0 Å². The first kappa shape index (κ1) is 37.6. The van der Waals surface area contributed by atoms with E-state index in [0.29, 0.717) is 0 Å². The van der Waals surface area contributed by atoms with Crippen molar-refractivity contribution < 1.29 is 0 Å². The first-order valence-electron chi connectivity index (χ1n) is 19.2. The third-order valence-electron chi connectivity index (χ3n) is 10.8. The van der Waals surface area contributed by atoms with E-state index in [1.165, 1.54) is 38.6 Å². The van der Waals surface area contributed by atoms with Crippen molar-refractivity contribution in [3.8, 4) is 39.5 Å². The predicted molar refractivity (Wildman–Crippen MR) is 235 cm³/mol. The maximum atomic E-state index is 5.59. The van der Waals surface area contributed by atoms with Gasteiger partial charge in [0.1, 0.15) is 5.82 Å². The van der Waals surface area contributed by atoms with Gasteiger partial charge in [-0.25, -0.2) is 4.98 Å². The lowest BCUT2D eigenvalue weighted by Crippen LogP contribution is -2.18. The van der Waals surface area contributed by atoms with Gasteiger partial charge in [0.05, 0.1) is 22.4 Å². The Bertz CT molecular complexity index is 2530. The second-order valence-electron chi connectivity index (χ2n) is 19.1. The van der Waals surface area contributed by atoms with Crippen molar-refractivity contribution in [2.45, 2.75) is 110 Å². The fourth-order valence-corrected chi connectivity index (χ4v) is 7.91. The highest BCUT2D eigenvalue weighted by Crippen LogP contribution is 2.42. The molecular weight excluding hydrogens is 675 g/mol. The summed E-state index contributed by atoms with van der Waals surface area (Å²) in [6.07, 6.45) is 1.92. The number of hydrogen-bond donors (Lipinski definition) is 1. The van der Waals surface area contributed by atoms with Gasteiger partial charge in [0.2, 0.25) is 0 Å². The quantitative estimate of drug-likeness (QED) is 0.183. The summed E-state index contributed by atoms with van der Waals surface area (Å²) in [7, 11) is 0. The zero-order valence-corrected chi connectivity index (χ0v) is 35.1. The molecule has 54 heavy (non-hydrogen) atoms. The molecule has 7 aromatic rings. The molecule has 0 saturated carbocycles. The van der Waals surface area contributed by atoms with E-state index in [0.717, 1.165) is 49.8 Å². The van der Waals surface area contributed by atoms with E-state index in [9.17, 15) is 0 Å². The number of nitrogens with zero attached hydrogens (tertiary/aromatic N) is 3. The summed E-state index contributed by atoms with van der Waals surface area (Å²) >= 11 is 5.27. The zero-order valence-electron chi connectivity index (χ0n) is 34.2. The van der Waals surface area contributed by atoms with Gasteiger partial charge < -0.3 is 0 Å². The van der Waals surface area contributed by atoms with Crippen LogP contribution >= 0.6 is 12.6 Å². The van der Waals surface area contributed by atoms with Crippen molar-refractivity contribution in [2.24, 2.45) is 0 Å². The molecule has 0 aliphatic rings. The van der Waals surface area contributed by atoms with E-state index in [2.05, 4.69) is 191 Å². The molecule has 3 aromatic heterocycles. The second kappa shape index (κ2) is 13.3. The number of hydrogen-bond acceptors (Lipinski definition) is 3. The summed E-state index contributed by atoms with van der Waals surface area (Å²) in [5.41, 5.74) is 13.4. The molecular formula is C50H55N3S. The van der Waals surface area contributed by atoms with Gasteiger partial charge in [0.15, 0.2) is 0 Å². The Hall–Kier alpha value is -4.67. The van der Waals surface area contributed by atoms with Gasteiger partial charge in [-0.05, 0) is 104 Å². The standard InChI is InChI=1S/C50H55N3S/c1-47(2,3)34-19-21-43-38(26-34)37-20-18-33(41-24-32(22-23-51-41)31-16-14-13-15-17-31)25-44(37)53(43)45-30-36(49(7,8)9)29-42(52-45)39-27-35(48(4,5)6)28-40(46(39)54)50(10,11)12/h13-30,54H,1-12H3. The lowest BCUT2D eigenvalue weighted by Gasteiger charge is -2.29. The minimum atomic E-state index is -0.122. The smallest absolute Gasteiger partial charge is 0.138 e. The van der Waals surface area contributed by atoms with Crippen molar-refractivity contribution in [2.75, 3.05) is 0 Å². The highest BCUT2D eigenvalue weighted by molar-refractivity contribution is 7.80. The maximum Gasteiger partial charge on any atom is 0.138 e. The van der Waals surface area contributed by atoms with Crippen LogP contribution in [0.3, 0.4) is 0 Å². The summed E-state index contributed by atoms with van der Waals surface area (Å²) in [5, 5.41) is 2.42. The average molecular weight is 730 g/mol. The molecule has 3 heterocycles. The van der Waals surface area contributed by atoms with Crippen LogP contribution in [-0.4, -0.2) is 14.5 Å². The molecule has 0 fully saturated rings. The van der Waals surface area contributed by atoms with Gasteiger partial charge in [-0.1, -0.05) is 138 Å². The molecule has 0 unspecified atom stereocenters. The largest absolute Gasteiger partial charge is 0.294 e. The van der Waals surface area contributed by atoms with Crippen molar-refractivity contribution in [3.63, 3.8) is 0 Å². The van der Waals surface area contributed by atoms with Crippen LogP contribution in [0.1, 0.15) is 105 Å². The molecule has 4 aromatic carbocycles. The summed E-state index contributed by atoms with van der Waals surface area (Å²) in [6, 6.07) is 37.8. The van der Waals surface area contributed by atoms with Gasteiger partial charge in [-0.2, -0.15) is 0 Å². The van der Waals surface area contributed by atoms with Gasteiger partial charge in [-0.15, -0.1) is 12.6 Å². The number of pyridine rings is 2. The number of aromatic nitrogens is 3. The molecule has 3 nitrogen and oxygen atoms in total. The number of rotatable bonds is 4. The molecule has 4 heteroatoms. The fraction of sp³-hybridized carbons (Fsp3) is 0.320. The van der Waals surface area contributed by atoms with Crippen LogP contribution in [0.25, 0.3) is 61.3 Å². The zero-order chi connectivity index (χ0) is 39.0. The molecule has 0 bridgehead atoms. The van der Waals surface area contributed by atoms with Crippen molar-refractivity contribution in [1.29, 1.82) is 0 Å². The van der Waals surface area contributed by atoms with Gasteiger partial charge in [0, 0.05) is 33.0 Å². The van der Waals surface area contributed by atoms with Crippen LogP contribution < -0.4 is 0 Å². The molecule has 0 aliphatic carbocycles. The molecule has 0 radical (unpaired) electrons. The number of thiol groups is 1. The first-order chi connectivity index (χ1) is 25.2. The summed E-state index contributed by atoms with van der Waals surface area (Å²) < 4.78 is 2.37. The highest BCUT2D eigenvalue weighted by Gasteiger charge is 2.27. The third-order valence-corrected chi connectivity index (χ3v) is 11.2.